The number of aliphatic carboxylic acids is 1. The fourth-order valence-electron chi connectivity index (χ4n) is 1.99. The Morgan fingerprint density at radius 1 is 1.35 bits per heavy atom. The number of carbonyl (C=O) groups is 3. The van der Waals surface area contributed by atoms with E-state index >= 15 is 0 Å². The molecular weight excluding hydrogens is 230 g/mol. The number of morpholine rings is 1. The van der Waals surface area contributed by atoms with Crippen LogP contribution in [-0.4, -0.2) is 59.8 Å². The highest BCUT2D eigenvalue weighted by Gasteiger charge is 2.46. The van der Waals surface area contributed by atoms with Crippen LogP contribution >= 0.6 is 0 Å². The van der Waals surface area contributed by atoms with Gasteiger partial charge in [0.15, 0.2) is 0 Å². The largest absolute Gasteiger partial charge is 0.480 e. The third-order valence-corrected chi connectivity index (χ3v) is 2.79. The summed E-state index contributed by atoms with van der Waals surface area (Å²) in [6, 6.07) is 0. The van der Waals surface area contributed by atoms with E-state index in [-0.39, 0.29) is 25.0 Å². The number of hydrogen-bond acceptors (Lipinski definition) is 5. The molecule has 7 nitrogen and oxygen atoms in total. The number of imide groups is 1. The van der Waals surface area contributed by atoms with E-state index in [2.05, 4.69) is 0 Å². The molecule has 2 amide bonds. The predicted octanol–water partition coefficient (Wildman–Crippen LogP) is -0.996. The molecule has 94 valence electrons. The van der Waals surface area contributed by atoms with Crippen LogP contribution < -0.4 is 0 Å². The summed E-state index contributed by atoms with van der Waals surface area (Å²) < 4.78 is 10.0. The highest BCUT2D eigenvalue weighted by molar-refractivity contribution is 6.02. The molecule has 0 aromatic rings. The van der Waals surface area contributed by atoms with Gasteiger partial charge in [-0.2, -0.15) is 0 Å². The highest BCUT2D eigenvalue weighted by atomic mass is 16.5. The van der Waals surface area contributed by atoms with Crippen molar-refractivity contribution >= 4 is 17.8 Å². The number of fused-ring (bicyclic) bond motifs is 2. The second-order valence-corrected chi connectivity index (χ2v) is 3.97. The summed E-state index contributed by atoms with van der Waals surface area (Å²) in [5, 5.41) is 8.36. The Morgan fingerprint density at radius 2 is 1.94 bits per heavy atom. The lowest BCUT2D eigenvalue weighted by Gasteiger charge is -2.29. The first-order chi connectivity index (χ1) is 8.09. The molecule has 2 rings (SSSR count). The Hall–Kier alpha value is -1.47. The molecule has 0 aliphatic carbocycles. The van der Waals surface area contributed by atoms with E-state index < -0.39 is 24.8 Å². The maximum Gasteiger partial charge on any atom is 0.329 e. The van der Waals surface area contributed by atoms with E-state index in [4.69, 9.17) is 14.6 Å². The molecule has 1 N–H and O–H groups in total. The van der Waals surface area contributed by atoms with Crippen LogP contribution in [0.5, 0.6) is 0 Å². The molecule has 2 bridgehead atoms. The van der Waals surface area contributed by atoms with Crippen molar-refractivity contribution in [3.05, 3.63) is 0 Å². The van der Waals surface area contributed by atoms with Gasteiger partial charge in [0.25, 0.3) is 11.8 Å². The molecule has 2 fully saturated rings. The monoisotopic (exact) mass is 243 g/mol. The molecule has 2 saturated heterocycles. The van der Waals surface area contributed by atoms with E-state index in [1.807, 2.05) is 0 Å². The van der Waals surface area contributed by atoms with Crippen molar-refractivity contribution in [3.63, 3.8) is 0 Å². The van der Waals surface area contributed by atoms with Crippen LogP contribution in [0.2, 0.25) is 0 Å². The molecule has 0 radical (unpaired) electrons. The standard InChI is InChI=1S/C10H13NO6/c12-8(13)5-16-4-3-11-9(14)6-1-2-7(17-6)10(11)15/h6-7H,1-5H2,(H,12,13). The van der Waals surface area contributed by atoms with E-state index in [1.54, 1.807) is 0 Å². The number of rotatable bonds is 5. The third-order valence-electron chi connectivity index (χ3n) is 2.79. The van der Waals surface area contributed by atoms with Crippen molar-refractivity contribution in [2.24, 2.45) is 0 Å². The fourth-order valence-corrected chi connectivity index (χ4v) is 1.99. The summed E-state index contributed by atoms with van der Waals surface area (Å²) in [6.45, 7) is -0.315. The van der Waals surface area contributed by atoms with E-state index in [0.29, 0.717) is 12.8 Å². The molecule has 2 aliphatic heterocycles. The third kappa shape index (κ3) is 2.45. The predicted molar refractivity (Wildman–Crippen MR) is 53.1 cm³/mol. The van der Waals surface area contributed by atoms with Crippen LogP contribution in [0.3, 0.4) is 0 Å². The molecular formula is C10H13NO6. The van der Waals surface area contributed by atoms with E-state index in [9.17, 15) is 14.4 Å². The summed E-state index contributed by atoms with van der Waals surface area (Å²) in [5.74, 6) is -1.77. The molecule has 0 spiro atoms. The van der Waals surface area contributed by atoms with Crippen molar-refractivity contribution in [1.82, 2.24) is 4.90 Å². The van der Waals surface area contributed by atoms with E-state index in [0.717, 1.165) is 4.90 Å². The van der Waals surface area contributed by atoms with Gasteiger partial charge in [0.1, 0.15) is 18.8 Å². The van der Waals surface area contributed by atoms with Gasteiger partial charge in [-0.1, -0.05) is 0 Å². The van der Waals surface area contributed by atoms with Gasteiger partial charge in [-0.3, -0.25) is 14.5 Å². The zero-order valence-electron chi connectivity index (χ0n) is 9.13. The quantitative estimate of drug-likeness (QED) is 0.492. The molecule has 2 unspecified atom stereocenters. The molecule has 7 heteroatoms. The Bertz CT molecular complexity index is 333. The lowest BCUT2D eigenvalue weighted by Crippen LogP contribution is -2.52. The van der Waals surface area contributed by atoms with Crippen molar-refractivity contribution in [2.45, 2.75) is 25.0 Å². The molecule has 0 saturated carbocycles. The van der Waals surface area contributed by atoms with Gasteiger partial charge in [0.2, 0.25) is 0 Å². The zero-order chi connectivity index (χ0) is 12.4. The lowest BCUT2D eigenvalue weighted by atomic mass is 10.2. The van der Waals surface area contributed by atoms with Crippen LogP contribution in [0, 0.1) is 0 Å². The first-order valence-corrected chi connectivity index (χ1v) is 5.40. The normalized spacial score (nSPS) is 27.6. The Labute approximate surface area is 97.3 Å². The van der Waals surface area contributed by atoms with Gasteiger partial charge in [0.05, 0.1) is 13.2 Å². The number of carbonyl (C=O) groups excluding carboxylic acids is 2. The maximum absolute atomic E-state index is 11.7. The Morgan fingerprint density at radius 3 is 2.47 bits per heavy atom. The number of amides is 2. The van der Waals surface area contributed by atoms with Gasteiger partial charge in [0, 0.05) is 0 Å². The van der Waals surface area contributed by atoms with Crippen molar-refractivity contribution in [1.29, 1.82) is 0 Å². The van der Waals surface area contributed by atoms with Gasteiger partial charge < -0.3 is 14.6 Å². The van der Waals surface area contributed by atoms with Crippen LogP contribution in [0.1, 0.15) is 12.8 Å². The second kappa shape index (κ2) is 4.80. The number of hydrogen-bond donors (Lipinski definition) is 1. The van der Waals surface area contributed by atoms with Crippen LogP contribution in [-0.2, 0) is 23.9 Å². The minimum absolute atomic E-state index is 0.0310. The summed E-state index contributed by atoms with van der Waals surface area (Å²) in [5.41, 5.74) is 0. The fraction of sp³-hybridized carbons (Fsp3) is 0.700. The summed E-state index contributed by atoms with van der Waals surface area (Å²) >= 11 is 0. The molecule has 0 aromatic heterocycles. The first kappa shape index (κ1) is 12.0. The Kier molecular flexibility index (Phi) is 3.39. The van der Waals surface area contributed by atoms with Gasteiger partial charge in [-0.05, 0) is 12.8 Å². The number of likely N-dealkylation sites (tertiary alicyclic amines) is 1. The zero-order valence-corrected chi connectivity index (χ0v) is 9.13. The van der Waals surface area contributed by atoms with Crippen LogP contribution in [0.25, 0.3) is 0 Å². The maximum atomic E-state index is 11.7. The number of carboxylic acids is 1. The summed E-state index contributed by atoms with van der Waals surface area (Å²) in [4.78, 5) is 34.8. The SMILES string of the molecule is O=C(O)COCCN1C(=O)C2CCC(O2)C1=O. The molecule has 0 aromatic carbocycles. The van der Waals surface area contributed by atoms with Crippen LogP contribution in [0.15, 0.2) is 0 Å². The summed E-state index contributed by atoms with van der Waals surface area (Å²) in [6.07, 6.45) is 0.109. The van der Waals surface area contributed by atoms with E-state index in [1.165, 1.54) is 0 Å². The number of ether oxygens (including phenoxy) is 2. The highest BCUT2D eigenvalue weighted by Crippen LogP contribution is 2.27. The first-order valence-electron chi connectivity index (χ1n) is 5.40. The number of nitrogens with zero attached hydrogens (tertiary/aromatic N) is 1. The molecule has 2 atom stereocenters. The average Bonchev–Trinajstić information content (AvgIpc) is 2.72. The summed E-state index contributed by atoms with van der Waals surface area (Å²) in [7, 11) is 0. The van der Waals surface area contributed by atoms with Crippen molar-refractivity contribution in [2.75, 3.05) is 19.8 Å². The Balaban J connectivity index is 1.85. The second-order valence-electron chi connectivity index (χ2n) is 3.97. The minimum Gasteiger partial charge on any atom is -0.480 e. The number of carboxylic acid groups (broad SMARTS) is 1. The van der Waals surface area contributed by atoms with Crippen molar-refractivity contribution in [3.8, 4) is 0 Å². The smallest absolute Gasteiger partial charge is 0.329 e. The molecule has 2 aliphatic rings. The van der Waals surface area contributed by atoms with Gasteiger partial charge in [-0.15, -0.1) is 0 Å². The van der Waals surface area contributed by atoms with Crippen LogP contribution in [0.4, 0.5) is 0 Å². The van der Waals surface area contributed by atoms with Gasteiger partial charge >= 0.3 is 5.97 Å². The van der Waals surface area contributed by atoms with Crippen molar-refractivity contribution < 1.29 is 29.0 Å². The average molecular weight is 243 g/mol. The molecule has 17 heavy (non-hydrogen) atoms. The molecule has 2 heterocycles. The van der Waals surface area contributed by atoms with Gasteiger partial charge in [-0.25, -0.2) is 4.79 Å². The minimum atomic E-state index is -1.08. The lowest BCUT2D eigenvalue weighted by molar-refractivity contribution is -0.169. The topological polar surface area (TPSA) is 93.1 Å².